The summed E-state index contributed by atoms with van der Waals surface area (Å²) in [6.07, 6.45) is 1.95. The fraction of sp³-hybridized carbons (Fsp3) is 0.545. The molecule has 86 valence electrons. The van der Waals surface area contributed by atoms with E-state index in [1.807, 2.05) is 18.4 Å². The van der Waals surface area contributed by atoms with Crippen LogP contribution in [0.3, 0.4) is 0 Å². The maximum atomic E-state index is 11.7. The lowest BCUT2D eigenvalue weighted by Gasteiger charge is -2.06. The first-order chi connectivity index (χ1) is 7.69. The van der Waals surface area contributed by atoms with Crippen molar-refractivity contribution in [2.24, 2.45) is 0 Å². The average molecular weight is 237 g/mol. The molecule has 1 heterocycles. The molecule has 4 nitrogen and oxygen atoms in total. The van der Waals surface area contributed by atoms with Crippen molar-refractivity contribution >= 4 is 17.2 Å². The summed E-state index contributed by atoms with van der Waals surface area (Å²) < 4.78 is 0. The second-order valence-electron chi connectivity index (χ2n) is 3.53. The topological polar surface area (TPSA) is 65.8 Å². The number of carbonyl (C=O) groups is 1. The summed E-state index contributed by atoms with van der Waals surface area (Å²) >= 11 is 1.36. The van der Waals surface area contributed by atoms with E-state index < -0.39 is 5.92 Å². The minimum absolute atomic E-state index is 0.245. The van der Waals surface area contributed by atoms with Crippen molar-refractivity contribution in [3.8, 4) is 6.07 Å². The molecule has 0 saturated heterocycles. The van der Waals surface area contributed by atoms with Gasteiger partial charge in [-0.15, -0.1) is 11.3 Å². The molecule has 0 aliphatic carbocycles. The lowest BCUT2D eigenvalue weighted by molar-refractivity contribution is -0.121. The van der Waals surface area contributed by atoms with E-state index in [0.717, 1.165) is 18.5 Å². The van der Waals surface area contributed by atoms with Crippen molar-refractivity contribution < 1.29 is 4.79 Å². The van der Waals surface area contributed by atoms with Gasteiger partial charge in [0.25, 0.3) is 0 Å². The van der Waals surface area contributed by atoms with Gasteiger partial charge in [-0.05, 0) is 13.3 Å². The summed E-state index contributed by atoms with van der Waals surface area (Å²) in [7, 11) is 0. The Labute approximate surface area is 99.3 Å². The molecule has 0 unspecified atom stereocenters. The van der Waals surface area contributed by atoms with E-state index in [-0.39, 0.29) is 5.91 Å². The van der Waals surface area contributed by atoms with Crippen LogP contribution in [-0.4, -0.2) is 17.4 Å². The highest BCUT2D eigenvalue weighted by Crippen LogP contribution is 2.19. The normalized spacial score (nSPS) is 11.8. The molecule has 1 aromatic heterocycles. The predicted octanol–water partition coefficient (Wildman–Crippen LogP) is 1.98. The minimum Gasteiger partial charge on any atom is -0.355 e. The molecule has 0 fully saturated rings. The van der Waals surface area contributed by atoms with Gasteiger partial charge in [0.15, 0.2) is 5.92 Å². The zero-order valence-corrected chi connectivity index (χ0v) is 10.3. The SMILES string of the molecule is CCCCNC(=O)[C@@H](C#N)c1nc(C)cs1. The molecule has 0 aliphatic heterocycles. The van der Waals surface area contributed by atoms with E-state index in [2.05, 4.69) is 17.2 Å². The van der Waals surface area contributed by atoms with Crippen molar-refractivity contribution in [3.05, 3.63) is 16.1 Å². The number of thiazole rings is 1. The number of rotatable bonds is 5. The van der Waals surface area contributed by atoms with Gasteiger partial charge in [0.1, 0.15) is 5.01 Å². The first-order valence-electron chi connectivity index (χ1n) is 5.28. The van der Waals surface area contributed by atoms with Crippen LogP contribution in [0.15, 0.2) is 5.38 Å². The van der Waals surface area contributed by atoms with Gasteiger partial charge in [-0.25, -0.2) is 4.98 Å². The van der Waals surface area contributed by atoms with Crippen molar-refractivity contribution in [1.82, 2.24) is 10.3 Å². The Morgan fingerprint density at radius 2 is 2.50 bits per heavy atom. The molecule has 0 saturated carbocycles. The van der Waals surface area contributed by atoms with Crippen LogP contribution in [0.5, 0.6) is 0 Å². The van der Waals surface area contributed by atoms with E-state index in [9.17, 15) is 4.79 Å². The van der Waals surface area contributed by atoms with E-state index in [0.29, 0.717) is 11.6 Å². The fourth-order valence-corrected chi connectivity index (χ4v) is 2.06. The quantitative estimate of drug-likeness (QED) is 0.796. The molecular weight excluding hydrogens is 222 g/mol. The third kappa shape index (κ3) is 3.31. The van der Waals surface area contributed by atoms with Crippen LogP contribution in [-0.2, 0) is 4.79 Å². The first-order valence-corrected chi connectivity index (χ1v) is 6.16. The smallest absolute Gasteiger partial charge is 0.244 e. The van der Waals surface area contributed by atoms with E-state index in [1.54, 1.807) is 0 Å². The number of amides is 1. The van der Waals surface area contributed by atoms with Gasteiger partial charge in [0.2, 0.25) is 5.91 Å². The van der Waals surface area contributed by atoms with Crippen molar-refractivity contribution in [3.63, 3.8) is 0 Å². The number of nitrogens with one attached hydrogen (secondary N) is 1. The van der Waals surface area contributed by atoms with E-state index >= 15 is 0 Å². The lowest BCUT2D eigenvalue weighted by atomic mass is 10.1. The van der Waals surface area contributed by atoms with Gasteiger partial charge >= 0.3 is 0 Å². The minimum atomic E-state index is -0.768. The lowest BCUT2D eigenvalue weighted by Crippen LogP contribution is -2.29. The zero-order valence-electron chi connectivity index (χ0n) is 9.49. The number of hydrogen-bond donors (Lipinski definition) is 1. The Balaban J connectivity index is 2.61. The van der Waals surface area contributed by atoms with Gasteiger partial charge in [0.05, 0.1) is 6.07 Å². The van der Waals surface area contributed by atoms with Crippen LogP contribution < -0.4 is 5.32 Å². The maximum Gasteiger partial charge on any atom is 0.244 e. The average Bonchev–Trinajstić information content (AvgIpc) is 2.66. The molecule has 16 heavy (non-hydrogen) atoms. The largest absolute Gasteiger partial charge is 0.355 e. The summed E-state index contributed by atoms with van der Waals surface area (Å²) in [6, 6.07) is 1.99. The Kier molecular flexibility index (Phi) is 4.93. The fourth-order valence-electron chi connectivity index (χ4n) is 1.22. The van der Waals surface area contributed by atoms with Crippen molar-refractivity contribution in [2.45, 2.75) is 32.6 Å². The second-order valence-corrected chi connectivity index (χ2v) is 4.42. The standard InChI is InChI=1S/C11H15N3OS/c1-3-4-5-13-10(15)9(6-12)11-14-8(2)7-16-11/h7,9H,3-5H2,1-2H3,(H,13,15)/t9-/m1/s1. The van der Waals surface area contributed by atoms with Crippen LogP contribution in [0.2, 0.25) is 0 Å². The number of aryl methyl sites for hydroxylation is 1. The Hall–Kier alpha value is -1.41. The van der Waals surface area contributed by atoms with Crippen molar-refractivity contribution in [2.75, 3.05) is 6.54 Å². The summed E-state index contributed by atoms with van der Waals surface area (Å²) in [5, 5.41) is 14.1. The Morgan fingerprint density at radius 3 is 3.00 bits per heavy atom. The number of nitriles is 1. The summed E-state index contributed by atoms with van der Waals surface area (Å²) in [5.74, 6) is -1.01. The van der Waals surface area contributed by atoms with E-state index in [1.165, 1.54) is 11.3 Å². The molecule has 1 aromatic rings. The number of hydrogen-bond acceptors (Lipinski definition) is 4. The molecule has 1 N–H and O–H groups in total. The molecular formula is C11H15N3OS. The van der Waals surface area contributed by atoms with Crippen LogP contribution in [0.1, 0.15) is 36.4 Å². The van der Waals surface area contributed by atoms with Gasteiger partial charge in [-0.1, -0.05) is 13.3 Å². The highest BCUT2D eigenvalue weighted by Gasteiger charge is 2.22. The van der Waals surface area contributed by atoms with Gasteiger partial charge in [-0.3, -0.25) is 4.79 Å². The van der Waals surface area contributed by atoms with Crippen LogP contribution in [0.25, 0.3) is 0 Å². The molecule has 0 aromatic carbocycles. The molecule has 1 atom stereocenters. The van der Waals surface area contributed by atoms with Gasteiger partial charge in [0, 0.05) is 17.6 Å². The van der Waals surface area contributed by atoms with Gasteiger partial charge < -0.3 is 5.32 Å². The second kappa shape index (κ2) is 6.23. The summed E-state index contributed by atoms with van der Waals surface area (Å²) in [6.45, 7) is 4.53. The van der Waals surface area contributed by atoms with Gasteiger partial charge in [-0.2, -0.15) is 5.26 Å². The molecule has 0 bridgehead atoms. The molecule has 0 spiro atoms. The summed E-state index contributed by atoms with van der Waals surface area (Å²) in [5.41, 5.74) is 0.849. The van der Waals surface area contributed by atoms with Crippen LogP contribution in [0.4, 0.5) is 0 Å². The molecule has 5 heteroatoms. The maximum absolute atomic E-state index is 11.7. The van der Waals surface area contributed by atoms with E-state index in [4.69, 9.17) is 5.26 Å². The number of unbranched alkanes of at least 4 members (excludes halogenated alkanes) is 1. The predicted molar refractivity (Wildman–Crippen MR) is 63.1 cm³/mol. The zero-order chi connectivity index (χ0) is 12.0. The monoisotopic (exact) mass is 237 g/mol. The summed E-state index contributed by atoms with van der Waals surface area (Å²) in [4.78, 5) is 15.9. The van der Waals surface area contributed by atoms with Crippen molar-refractivity contribution in [1.29, 1.82) is 5.26 Å². The van der Waals surface area contributed by atoms with Crippen LogP contribution >= 0.6 is 11.3 Å². The molecule has 1 amide bonds. The Morgan fingerprint density at radius 1 is 1.75 bits per heavy atom. The highest BCUT2D eigenvalue weighted by molar-refractivity contribution is 7.09. The number of nitrogens with zero attached hydrogens (tertiary/aromatic N) is 2. The third-order valence-corrected chi connectivity index (χ3v) is 3.13. The Bertz CT molecular complexity index is 394. The van der Waals surface area contributed by atoms with Crippen LogP contribution in [0, 0.1) is 18.3 Å². The molecule has 0 radical (unpaired) electrons. The highest BCUT2D eigenvalue weighted by atomic mass is 32.1. The molecule has 0 aliphatic rings. The number of aromatic nitrogens is 1. The number of carbonyl (C=O) groups excluding carboxylic acids is 1. The third-order valence-electron chi connectivity index (χ3n) is 2.10. The first kappa shape index (κ1) is 12.7. The molecule has 1 rings (SSSR count).